The lowest BCUT2D eigenvalue weighted by Crippen LogP contribution is -2.23. The van der Waals surface area contributed by atoms with Gasteiger partial charge in [0.2, 0.25) is 10.0 Å². The number of nitrogens with one attached hydrogen (secondary N) is 2. The van der Waals surface area contributed by atoms with Crippen molar-refractivity contribution in [3.8, 4) is 22.8 Å². The van der Waals surface area contributed by atoms with E-state index in [0.717, 1.165) is 17.2 Å². The van der Waals surface area contributed by atoms with Crippen molar-refractivity contribution in [3.05, 3.63) is 86.7 Å². The van der Waals surface area contributed by atoms with E-state index in [1.807, 2.05) is 27.7 Å². The Bertz CT molecular complexity index is 1730. The Labute approximate surface area is 251 Å². The maximum absolute atomic E-state index is 13.8. The number of aromatic nitrogens is 1. The normalized spacial score (nSPS) is 11.7. The summed E-state index contributed by atoms with van der Waals surface area (Å²) in [6, 6.07) is 10.8. The zero-order valence-electron chi connectivity index (χ0n) is 23.3. The second-order valence-electron chi connectivity index (χ2n) is 10.4. The minimum Gasteiger partial charge on any atom is -0.486 e. The van der Waals surface area contributed by atoms with Gasteiger partial charge in [-0.15, -0.1) is 11.3 Å². The number of halogens is 3. The summed E-state index contributed by atoms with van der Waals surface area (Å²) in [6.45, 7) is 7.32. The summed E-state index contributed by atoms with van der Waals surface area (Å²) in [5, 5.41) is 2.96. The number of rotatable bonds is 9. The molecule has 2 N–H and O–H groups in total. The first-order valence-corrected chi connectivity index (χ1v) is 15.6. The van der Waals surface area contributed by atoms with Crippen LogP contribution in [-0.2, 0) is 16.6 Å². The van der Waals surface area contributed by atoms with Crippen LogP contribution in [0.3, 0.4) is 0 Å². The number of hydrogen-bond acceptors (Lipinski definition) is 7. The first-order chi connectivity index (χ1) is 19.5. The van der Waals surface area contributed by atoms with Gasteiger partial charge in [0.05, 0.1) is 23.0 Å². The van der Waals surface area contributed by atoms with Gasteiger partial charge in [-0.2, -0.15) is 0 Å². The number of aryl methyl sites for hydroxylation is 1. The van der Waals surface area contributed by atoms with E-state index in [-0.39, 0.29) is 22.9 Å². The molecule has 0 saturated carbocycles. The average molecular weight is 636 g/mol. The average Bonchev–Trinajstić information content (AvgIpc) is 3.21. The van der Waals surface area contributed by atoms with Gasteiger partial charge in [0.15, 0.2) is 0 Å². The molecule has 222 valence electrons. The monoisotopic (exact) mass is 635 g/mol. The van der Waals surface area contributed by atoms with Gasteiger partial charge in [-0.1, -0.05) is 11.6 Å². The number of benzene rings is 2. The molecule has 4 aromatic rings. The minimum atomic E-state index is -3.55. The quantitative estimate of drug-likeness (QED) is 0.198. The Hall–Kier alpha value is -3.74. The highest BCUT2D eigenvalue weighted by atomic mass is 35.5. The lowest BCUT2D eigenvalue weighted by atomic mass is 10.1. The van der Waals surface area contributed by atoms with E-state index < -0.39 is 33.2 Å². The summed E-state index contributed by atoms with van der Waals surface area (Å²) in [7, 11) is -3.55. The van der Waals surface area contributed by atoms with Gasteiger partial charge in [0.25, 0.3) is 5.91 Å². The van der Waals surface area contributed by atoms with Gasteiger partial charge < -0.3 is 14.8 Å². The first kappa shape index (κ1) is 31.2. The first-order valence-electron chi connectivity index (χ1n) is 12.5. The maximum atomic E-state index is 13.8. The molecular formula is C29H28ClF2N3O5S2. The fourth-order valence-corrected chi connectivity index (χ4v) is 5.66. The fourth-order valence-electron chi connectivity index (χ4n) is 3.96. The van der Waals surface area contributed by atoms with E-state index in [4.69, 9.17) is 21.1 Å². The molecule has 1 amide bonds. The summed E-state index contributed by atoms with van der Waals surface area (Å²) in [4.78, 5) is 18.8. The van der Waals surface area contributed by atoms with Crippen LogP contribution in [0, 0.1) is 18.6 Å². The predicted molar refractivity (Wildman–Crippen MR) is 161 cm³/mol. The Morgan fingerprint density at radius 3 is 2.33 bits per heavy atom. The van der Waals surface area contributed by atoms with Gasteiger partial charge in [0.1, 0.15) is 41.0 Å². The third-order valence-electron chi connectivity index (χ3n) is 5.42. The molecular weight excluding hydrogens is 608 g/mol. The largest absolute Gasteiger partial charge is 0.486 e. The fraction of sp³-hybridized carbons (Fsp3) is 0.241. The highest BCUT2D eigenvalue weighted by Gasteiger charge is 2.21. The molecule has 2 heterocycles. The lowest BCUT2D eigenvalue weighted by Gasteiger charge is -2.22. The Kier molecular flexibility index (Phi) is 9.09. The molecule has 0 fully saturated rings. The van der Waals surface area contributed by atoms with E-state index in [0.29, 0.717) is 33.3 Å². The molecule has 0 aliphatic heterocycles. The van der Waals surface area contributed by atoms with Crippen molar-refractivity contribution < 1.29 is 31.5 Å². The van der Waals surface area contributed by atoms with Crippen molar-refractivity contribution >= 4 is 50.2 Å². The molecule has 0 aliphatic rings. The molecule has 0 unspecified atom stereocenters. The van der Waals surface area contributed by atoms with Crippen molar-refractivity contribution in [1.29, 1.82) is 0 Å². The molecule has 0 aliphatic carbocycles. The van der Waals surface area contributed by atoms with Gasteiger partial charge in [-0.05, 0) is 69.7 Å². The second kappa shape index (κ2) is 12.2. The van der Waals surface area contributed by atoms with Crippen molar-refractivity contribution in [3.63, 3.8) is 0 Å². The van der Waals surface area contributed by atoms with Crippen LogP contribution in [-0.4, -0.2) is 31.2 Å². The SMILES string of the molecule is Cc1sc(C(=O)Nc2cc(Cl)cc(NS(C)(=O)=O)c2)cc1-c1ncc(OC(C)(C)C)cc1OCc1cc(F)cc(F)c1. The smallest absolute Gasteiger partial charge is 0.265 e. The standard InChI is InChI=1S/C29H28ClF2N3O5S2/c1-16-24(13-26(41-16)28(36)34-21-8-18(30)9-22(11-21)35-42(5,37)38)27-25(12-23(14-33-27)40-29(2,3)4)39-15-17-6-19(31)10-20(32)7-17/h6-14,35H,15H2,1-5H3,(H,34,36). The Morgan fingerprint density at radius 1 is 1.02 bits per heavy atom. The minimum absolute atomic E-state index is 0.141. The number of sulfonamides is 1. The van der Waals surface area contributed by atoms with E-state index in [1.54, 1.807) is 12.1 Å². The van der Waals surface area contributed by atoms with Crippen LogP contribution in [0.25, 0.3) is 11.3 Å². The van der Waals surface area contributed by atoms with Crippen molar-refractivity contribution in [2.75, 3.05) is 16.3 Å². The van der Waals surface area contributed by atoms with Gasteiger partial charge in [-0.25, -0.2) is 22.2 Å². The molecule has 0 atom stereocenters. The lowest BCUT2D eigenvalue weighted by molar-refractivity contribution is 0.103. The van der Waals surface area contributed by atoms with E-state index in [9.17, 15) is 22.0 Å². The molecule has 13 heteroatoms. The topological polar surface area (TPSA) is 107 Å². The Morgan fingerprint density at radius 2 is 1.69 bits per heavy atom. The summed E-state index contributed by atoms with van der Waals surface area (Å²) in [5.74, 6) is -1.18. The van der Waals surface area contributed by atoms with Crippen LogP contribution in [0.1, 0.15) is 40.9 Å². The number of ether oxygens (including phenoxy) is 2. The molecule has 2 aromatic carbocycles. The predicted octanol–water partition coefficient (Wildman–Crippen LogP) is 7.43. The Balaban J connectivity index is 1.64. The number of thiophene rings is 1. The molecule has 0 bridgehead atoms. The molecule has 42 heavy (non-hydrogen) atoms. The summed E-state index contributed by atoms with van der Waals surface area (Å²) < 4.78 is 65.0. The zero-order chi connectivity index (χ0) is 30.8. The van der Waals surface area contributed by atoms with Gasteiger partial charge in [0, 0.05) is 33.3 Å². The number of hydrogen-bond donors (Lipinski definition) is 2. The second-order valence-corrected chi connectivity index (χ2v) is 13.9. The highest BCUT2D eigenvalue weighted by molar-refractivity contribution is 7.92. The van der Waals surface area contributed by atoms with E-state index in [1.165, 1.54) is 47.9 Å². The van der Waals surface area contributed by atoms with Crippen LogP contribution < -0.4 is 19.5 Å². The van der Waals surface area contributed by atoms with E-state index in [2.05, 4.69) is 15.0 Å². The van der Waals surface area contributed by atoms with Crippen LogP contribution in [0.2, 0.25) is 5.02 Å². The van der Waals surface area contributed by atoms with Gasteiger partial charge in [-0.3, -0.25) is 9.52 Å². The van der Waals surface area contributed by atoms with Crippen LogP contribution in [0.15, 0.2) is 54.7 Å². The number of carbonyl (C=O) groups is 1. The molecule has 0 spiro atoms. The summed E-state index contributed by atoms with van der Waals surface area (Å²) in [5.41, 5.74) is 1.27. The number of pyridine rings is 1. The van der Waals surface area contributed by atoms with E-state index >= 15 is 0 Å². The summed E-state index contributed by atoms with van der Waals surface area (Å²) >= 11 is 7.34. The van der Waals surface area contributed by atoms with Crippen molar-refractivity contribution in [1.82, 2.24) is 4.98 Å². The number of anilines is 2. The number of carbonyl (C=O) groups excluding carboxylic acids is 1. The summed E-state index contributed by atoms with van der Waals surface area (Å²) in [6.07, 6.45) is 2.54. The molecule has 4 rings (SSSR count). The third kappa shape index (κ3) is 8.63. The molecule has 0 saturated heterocycles. The molecule has 2 aromatic heterocycles. The molecule has 0 radical (unpaired) electrons. The number of amides is 1. The number of nitrogens with zero attached hydrogens (tertiary/aromatic N) is 1. The van der Waals surface area contributed by atoms with Crippen molar-refractivity contribution in [2.45, 2.75) is 39.9 Å². The maximum Gasteiger partial charge on any atom is 0.265 e. The highest BCUT2D eigenvalue weighted by Crippen LogP contribution is 2.38. The van der Waals surface area contributed by atoms with Crippen molar-refractivity contribution in [2.24, 2.45) is 0 Å². The third-order valence-corrected chi connectivity index (χ3v) is 7.30. The van der Waals surface area contributed by atoms with Crippen LogP contribution in [0.4, 0.5) is 20.2 Å². The molecule has 8 nitrogen and oxygen atoms in total. The van der Waals surface area contributed by atoms with Crippen LogP contribution in [0.5, 0.6) is 11.5 Å². The van der Waals surface area contributed by atoms with Gasteiger partial charge >= 0.3 is 0 Å². The zero-order valence-corrected chi connectivity index (χ0v) is 25.7. The van der Waals surface area contributed by atoms with Crippen LogP contribution >= 0.6 is 22.9 Å².